The first kappa shape index (κ1) is 18.0. The fourth-order valence-corrected chi connectivity index (χ4v) is 2.18. The normalized spacial score (nSPS) is 13.2. The molecule has 3 nitrogen and oxygen atoms in total. The third kappa shape index (κ3) is 6.96. The Balaban J connectivity index is 2.70. The quantitative estimate of drug-likeness (QED) is 0.755. The van der Waals surface area contributed by atoms with Crippen molar-refractivity contribution in [3.8, 4) is 5.75 Å². The van der Waals surface area contributed by atoms with Gasteiger partial charge in [-0.2, -0.15) is 0 Å². The van der Waals surface area contributed by atoms with Crippen LogP contribution >= 0.6 is 0 Å². The fraction of sp³-hybridized carbons (Fsp3) is 0.667. The lowest BCUT2D eigenvalue weighted by Gasteiger charge is -2.27. The molecule has 0 bridgehead atoms. The summed E-state index contributed by atoms with van der Waals surface area (Å²) in [5.74, 6) is 1.85. The zero-order valence-electron chi connectivity index (χ0n) is 14.2. The highest BCUT2D eigenvalue weighted by atomic mass is 16.5. The number of hydrogen-bond donors (Lipinski definition) is 1. The summed E-state index contributed by atoms with van der Waals surface area (Å²) < 4.78 is 5.29. The minimum Gasteiger partial charge on any atom is -0.497 e. The van der Waals surface area contributed by atoms with Crippen LogP contribution in [0.3, 0.4) is 0 Å². The van der Waals surface area contributed by atoms with Crippen molar-refractivity contribution < 1.29 is 9.84 Å². The van der Waals surface area contributed by atoms with Gasteiger partial charge in [0, 0.05) is 13.1 Å². The van der Waals surface area contributed by atoms with Crippen LogP contribution in [0, 0.1) is 11.8 Å². The Labute approximate surface area is 129 Å². The number of methoxy groups -OCH3 is 1. The SMILES string of the molecule is COc1cccc(CN(CCC(C)C)CC(O)C(C)C)c1. The van der Waals surface area contributed by atoms with Crippen LogP contribution in [-0.2, 0) is 6.54 Å². The molecule has 0 fully saturated rings. The highest BCUT2D eigenvalue weighted by Gasteiger charge is 2.15. The van der Waals surface area contributed by atoms with E-state index in [4.69, 9.17) is 4.74 Å². The van der Waals surface area contributed by atoms with Crippen LogP contribution in [0.25, 0.3) is 0 Å². The largest absolute Gasteiger partial charge is 0.497 e. The van der Waals surface area contributed by atoms with E-state index in [0.717, 1.165) is 31.8 Å². The number of aliphatic hydroxyl groups is 1. The molecule has 1 unspecified atom stereocenters. The second-order valence-corrected chi connectivity index (χ2v) is 6.58. The van der Waals surface area contributed by atoms with Crippen molar-refractivity contribution in [1.82, 2.24) is 4.90 Å². The molecule has 0 aliphatic carbocycles. The van der Waals surface area contributed by atoms with Crippen molar-refractivity contribution in [2.24, 2.45) is 11.8 Å². The maximum Gasteiger partial charge on any atom is 0.119 e. The van der Waals surface area contributed by atoms with Crippen molar-refractivity contribution in [2.45, 2.75) is 46.8 Å². The van der Waals surface area contributed by atoms with Crippen molar-refractivity contribution in [3.63, 3.8) is 0 Å². The van der Waals surface area contributed by atoms with Gasteiger partial charge in [0.2, 0.25) is 0 Å². The molecule has 0 radical (unpaired) electrons. The van der Waals surface area contributed by atoms with Gasteiger partial charge in [-0.3, -0.25) is 4.90 Å². The zero-order valence-corrected chi connectivity index (χ0v) is 14.2. The number of aliphatic hydroxyl groups excluding tert-OH is 1. The van der Waals surface area contributed by atoms with Crippen LogP contribution in [0.1, 0.15) is 39.7 Å². The van der Waals surface area contributed by atoms with E-state index >= 15 is 0 Å². The van der Waals surface area contributed by atoms with Gasteiger partial charge in [0.25, 0.3) is 0 Å². The monoisotopic (exact) mass is 293 g/mol. The molecule has 1 aromatic rings. The van der Waals surface area contributed by atoms with Crippen LogP contribution in [0.4, 0.5) is 0 Å². The Morgan fingerprint density at radius 3 is 2.48 bits per heavy atom. The summed E-state index contributed by atoms with van der Waals surface area (Å²) in [6.07, 6.45) is 0.872. The number of benzene rings is 1. The second-order valence-electron chi connectivity index (χ2n) is 6.58. The van der Waals surface area contributed by atoms with Crippen LogP contribution < -0.4 is 4.74 Å². The van der Waals surface area contributed by atoms with E-state index < -0.39 is 0 Å². The molecular formula is C18H31NO2. The molecule has 120 valence electrons. The number of nitrogens with zero attached hydrogens (tertiary/aromatic N) is 1. The standard InChI is InChI=1S/C18H31NO2/c1-14(2)9-10-19(13-18(20)15(3)4)12-16-7-6-8-17(11-16)21-5/h6-8,11,14-15,18,20H,9-10,12-13H2,1-5H3. The molecular weight excluding hydrogens is 262 g/mol. The molecule has 0 saturated heterocycles. The van der Waals surface area contributed by atoms with Crippen molar-refractivity contribution in [3.05, 3.63) is 29.8 Å². The van der Waals surface area contributed by atoms with Gasteiger partial charge in [-0.05, 0) is 42.5 Å². The molecule has 0 spiro atoms. The molecule has 0 aliphatic rings. The van der Waals surface area contributed by atoms with Gasteiger partial charge in [0.1, 0.15) is 5.75 Å². The maximum atomic E-state index is 10.2. The molecule has 1 atom stereocenters. The fourth-order valence-electron chi connectivity index (χ4n) is 2.18. The van der Waals surface area contributed by atoms with E-state index in [0.29, 0.717) is 5.92 Å². The Hall–Kier alpha value is -1.06. The van der Waals surface area contributed by atoms with E-state index in [1.807, 2.05) is 12.1 Å². The van der Waals surface area contributed by atoms with Crippen LogP contribution in [0.15, 0.2) is 24.3 Å². The third-order valence-electron chi connectivity index (χ3n) is 3.78. The average molecular weight is 293 g/mol. The van der Waals surface area contributed by atoms with E-state index in [-0.39, 0.29) is 12.0 Å². The minimum atomic E-state index is -0.275. The lowest BCUT2D eigenvalue weighted by molar-refractivity contribution is 0.0711. The summed E-state index contributed by atoms with van der Waals surface area (Å²) in [5.41, 5.74) is 1.23. The first-order valence-corrected chi connectivity index (χ1v) is 7.95. The summed E-state index contributed by atoms with van der Waals surface area (Å²) in [6.45, 7) is 11.2. The van der Waals surface area contributed by atoms with E-state index in [2.05, 4.69) is 44.7 Å². The molecule has 0 saturated carbocycles. The molecule has 1 rings (SSSR count). The molecule has 0 heterocycles. The Morgan fingerprint density at radius 2 is 1.90 bits per heavy atom. The van der Waals surface area contributed by atoms with Gasteiger partial charge in [0.15, 0.2) is 0 Å². The van der Waals surface area contributed by atoms with Crippen LogP contribution in [-0.4, -0.2) is 36.3 Å². The van der Waals surface area contributed by atoms with Crippen molar-refractivity contribution in [1.29, 1.82) is 0 Å². The average Bonchev–Trinajstić information content (AvgIpc) is 2.44. The topological polar surface area (TPSA) is 32.7 Å². The van der Waals surface area contributed by atoms with Gasteiger partial charge in [0.05, 0.1) is 13.2 Å². The molecule has 21 heavy (non-hydrogen) atoms. The Kier molecular flexibility index (Phi) is 7.76. The predicted molar refractivity (Wildman–Crippen MR) is 88.6 cm³/mol. The van der Waals surface area contributed by atoms with Crippen LogP contribution in [0.2, 0.25) is 0 Å². The summed E-state index contributed by atoms with van der Waals surface area (Å²) in [7, 11) is 1.69. The van der Waals surface area contributed by atoms with E-state index in [1.165, 1.54) is 5.56 Å². The summed E-state index contributed by atoms with van der Waals surface area (Å²) in [4.78, 5) is 2.35. The molecule has 0 aliphatic heterocycles. The van der Waals surface area contributed by atoms with Gasteiger partial charge in [-0.1, -0.05) is 39.8 Å². The lowest BCUT2D eigenvalue weighted by Crippen LogP contribution is -2.35. The summed E-state index contributed by atoms with van der Waals surface area (Å²) in [6, 6.07) is 8.18. The summed E-state index contributed by atoms with van der Waals surface area (Å²) >= 11 is 0. The van der Waals surface area contributed by atoms with E-state index in [1.54, 1.807) is 7.11 Å². The molecule has 0 amide bonds. The predicted octanol–water partition coefficient (Wildman–Crippen LogP) is 3.56. The van der Waals surface area contributed by atoms with Gasteiger partial charge in [-0.15, -0.1) is 0 Å². The minimum absolute atomic E-state index is 0.275. The van der Waals surface area contributed by atoms with Crippen LogP contribution in [0.5, 0.6) is 5.75 Å². The second kappa shape index (κ2) is 9.06. The lowest BCUT2D eigenvalue weighted by atomic mass is 10.1. The van der Waals surface area contributed by atoms with Crippen molar-refractivity contribution in [2.75, 3.05) is 20.2 Å². The number of hydrogen-bond acceptors (Lipinski definition) is 3. The molecule has 1 aromatic carbocycles. The molecule has 1 N–H and O–H groups in total. The highest BCUT2D eigenvalue weighted by molar-refractivity contribution is 5.28. The Bertz CT molecular complexity index is 404. The van der Waals surface area contributed by atoms with Gasteiger partial charge >= 0.3 is 0 Å². The third-order valence-corrected chi connectivity index (χ3v) is 3.78. The smallest absolute Gasteiger partial charge is 0.119 e. The van der Waals surface area contributed by atoms with E-state index in [9.17, 15) is 5.11 Å². The number of ether oxygens (including phenoxy) is 1. The maximum absolute atomic E-state index is 10.2. The Morgan fingerprint density at radius 1 is 1.19 bits per heavy atom. The first-order valence-electron chi connectivity index (χ1n) is 7.95. The first-order chi connectivity index (χ1) is 9.92. The van der Waals surface area contributed by atoms with Gasteiger partial charge in [-0.25, -0.2) is 0 Å². The zero-order chi connectivity index (χ0) is 15.8. The van der Waals surface area contributed by atoms with Crippen molar-refractivity contribution >= 4 is 0 Å². The molecule has 3 heteroatoms. The highest BCUT2D eigenvalue weighted by Crippen LogP contribution is 2.16. The number of rotatable bonds is 9. The summed E-state index contributed by atoms with van der Waals surface area (Å²) in [5, 5.41) is 10.2. The van der Waals surface area contributed by atoms with Gasteiger partial charge < -0.3 is 9.84 Å². The molecule has 0 aromatic heterocycles.